The number of carbonyl (C=O) groups is 1. The molecule has 0 aliphatic rings. The number of ketones is 1. The molecular formula is C10H11FO3. The molecule has 1 rings (SSSR count). The van der Waals surface area contributed by atoms with E-state index in [4.69, 9.17) is 0 Å². The summed E-state index contributed by atoms with van der Waals surface area (Å²) < 4.78 is 17.8. The molecule has 1 aromatic rings. The molecule has 0 unspecified atom stereocenters. The van der Waals surface area contributed by atoms with Crippen LogP contribution in [0.5, 0.6) is 11.5 Å². The highest BCUT2D eigenvalue weighted by atomic mass is 19.1. The monoisotopic (exact) mass is 198 g/mol. The van der Waals surface area contributed by atoms with Crippen LogP contribution < -0.4 is 4.74 Å². The molecular weight excluding hydrogens is 187 g/mol. The van der Waals surface area contributed by atoms with Crippen LogP contribution >= 0.6 is 0 Å². The van der Waals surface area contributed by atoms with Crippen molar-refractivity contribution in [1.82, 2.24) is 0 Å². The van der Waals surface area contributed by atoms with Gasteiger partial charge in [-0.25, -0.2) is 4.39 Å². The minimum absolute atomic E-state index is 0.0889. The van der Waals surface area contributed by atoms with Gasteiger partial charge in [-0.2, -0.15) is 0 Å². The van der Waals surface area contributed by atoms with Crippen LogP contribution in [-0.4, -0.2) is 18.0 Å². The van der Waals surface area contributed by atoms with Gasteiger partial charge in [-0.05, 0) is 24.6 Å². The average molecular weight is 198 g/mol. The van der Waals surface area contributed by atoms with Crippen LogP contribution in [0.15, 0.2) is 12.1 Å². The second kappa shape index (κ2) is 4.09. The first-order valence-electron chi connectivity index (χ1n) is 4.09. The molecule has 0 aromatic heterocycles. The Bertz CT molecular complexity index is 337. The van der Waals surface area contributed by atoms with Gasteiger partial charge < -0.3 is 9.84 Å². The molecule has 0 spiro atoms. The maximum atomic E-state index is 13.2. The summed E-state index contributed by atoms with van der Waals surface area (Å²) in [4.78, 5) is 10.8. The van der Waals surface area contributed by atoms with E-state index in [1.807, 2.05) is 0 Å². The lowest BCUT2D eigenvalue weighted by Gasteiger charge is -2.06. The summed E-state index contributed by atoms with van der Waals surface area (Å²) in [5, 5.41) is 9.31. The maximum absolute atomic E-state index is 13.2. The van der Waals surface area contributed by atoms with E-state index in [1.54, 1.807) is 0 Å². The summed E-state index contributed by atoms with van der Waals surface area (Å²) in [6.45, 7) is 1.40. The quantitative estimate of drug-likeness (QED) is 0.803. The van der Waals surface area contributed by atoms with Crippen LogP contribution in [-0.2, 0) is 11.2 Å². The van der Waals surface area contributed by atoms with Gasteiger partial charge in [0, 0.05) is 6.42 Å². The van der Waals surface area contributed by atoms with Crippen molar-refractivity contribution in [1.29, 1.82) is 0 Å². The number of halogens is 1. The molecule has 0 bridgehead atoms. The van der Waals surface area contributed by atoms with Gasteiger partial charge in [0.25, 0.3) is 0 Å². The Labute approximate surface area is 81.1 Å². The molecule has 0 aliphatic carbocycles. The molecule has 14 heavy (non-hydrogen) atoms. The van der Waals surface area contributed by atoms with Crippen LogP contribution in [0.4, 0.5) is 4.39 Å². The third kappa shape index (κ3) is 2.22. The van der Waals surface area contributed by atoms with Crippen LogP contribution in [0.3, 0.4) is 0 Å². The van der Waals surface area contributed by atoms with Gasteiger partial charge in [-0.3, -0.25) is 4.79 Å². The van der Waals surface area contributed by atoms with E-state index in [2.05, 4.69) is 4.74 Å². The van der Waals surface area contributed by atoms with Crippen molar-refractivity contribution >= 4 is 5.78 Å². The standard InChI is InChI=1S/C10H11FO3/c1-6(12)3-7-4-8(11)10(14-2)9(13)5-7/h4-5,13H,3H2,1-2H3. The lowest BCUT2D eigenvalue weighted by atomic mass is 10.1. The zero-order chi connectivity index (χ0) is 10.7. The molecule has 1 N–H and O–H groups in total. The number of benzene rings is 1. The van der Waals surface area contributed by atoms with E-state index < -0.39 is 5.82 Å². The summed E-state index contributed by atoms with van der Waals surface area (Å²) in [7, 11) is 1.27. The molecule has 4 heteroatoms. The first-order valence-corrected chi connectivity index (χ1v) is 4.09. The Kier molecular flexibility index (Phi) is 3.06. The summed E-state index contributed by atoms with van der Waals surface area (Å²) in [5.41, 5.74) is 0.438. The summed E-state index contributed by atoms with van der Waals surface area (Å²) >= 11 is 0. The van der Waals surface area contributed by atoms with Gasteiger partial charge >= 0.3 is 0 Å². The number of Topliss-reactive ketones (excluding diaryl/α,β-unsaturated/α-hetero) is 1. The number of carbonyl (C=O) groups excluding carboxylic acids is 1. The van der Waals surface area contributed by atoms with E-state index in [9.17, 15) is 14.3 Å². The maximum Gasteiger partial charge on any atom is 0.196 e. The number of aromatic hydroxyl groups is 1. The van der Waals surface area contributed by atoms with Crippen molar-refractivity contribution in [3.05, 3.63) is 23.5 Å². The fourth-order valence-corrected chi connectivity index (χ4v) is 1.23. The molecule has 76 valence electrons. The highest BCUT2D eigenvalue weighted by Gasteiger charge is 2.11. The second-order valence-electron chi connectivity index (χ2n) is 3.01. The van der Waals surface area contributed by atoms with Crippen molar-refractivity contribution in [3.63, 3.8) is 0 Å². The number of phenolic OH excluding ortho intramolecular Hbond substituents is 1. The van der Waals surface area contributed by atoms with E-state index in [-0.39, 0.29) is 23.7 Å². The predicted molar refractivity (Wildman–Crippen MR) is 49.0 cm³/mol. The Hall–Kier alpha value is -1.58. The molecule has 0 amide bonds. The lowest BCUT2D eigenvalue weighted by molar-refractivity contribution is -0.116. The van der Waals surface area contributed by atoms with E-state index in [1.165, 1.54) is 26.2 Å². The van der Waals surface area contributed by atoms with Crippen molar-refractivity contribution in [3.8, 4) is 11.5 Å². The van der Waals surface area contributed by atoms with Crippen molar-refractivity contribution < 1.29 is 19.0 Å². The fourth-order valence-electron chi connectivity index (χ4n) is 1.23. The first kappa shape index (κ1) is 10.5. The molecule has 0 aliphatic heterocycles. The number of ether oxygens (including phenoxy) is 1. The van der Waals surface area contributed by atoms with Gasteiger partial charge in [0.15, 0.2) is 17.3 Å². The fraction of sp³-hybridized carbons (Fsp3) is 0.300. The smallest absolute Gasteiger partial charge is 0.196 e. The predicted octanol–water partition coefficient (Wildman–Crippen LogP) is 1.67. The van der Waals surface area contributed by atoms with Gasteiger partial charge in [0.2, 0.25) is 0 Å². The van der Waals surface area contributed by atoms with Crippen LogP contribution in [0.1, 0.15) is 12.5 Å². The van der Waals surface area contributed by atoms with Crippen molar-refractivity contribution in [2.24, 2.45) is 0 Å². The molecule has 3 nitrogen and oxygen atoms in total. The molecule has 0 fully saturated rings. The summed E-state index contributed by atoms with van der Waals surface area (Å²) in [5.74, 6) is -1.24. The highest BCUT2D eigenvalue weighted by Crippen LogP contribution is 2.30. The molecule has 1 aromatic carbocycles. The lowest BCUT2D eigenvalue weighted by Crippen LogP contribution is -1.98. The third-order valence-corrected chi connectivity index (χ3v) is 1.74. The van der Waals surface area contributed by atoms with Crippen LogP contribution in [0.2, 0.25) is 0 Å². The van der Waals surface area contributed by atoms with E-state index >= 15 is 0 Å². The van der Waals surface area contributed by atoms with Gasteiger partial charge in [0.1, 0.15) is 5.78 Å². The summed E-state index contributed by atoms with van der Waals surface area (Å²) in [6, 6.07) is 2.50. The molecule has 0 saturated carbocycles. The number of methoxy groups -OCH3 is 1. The third-order valence-electron chi connectivity index (χ3n) is 1.74. The minimum Gasteiger partial charge on any atom is -0.504 e. The number of hydrogen-bond donors (Lipinski definition) is 1. The minimum atomic E-state index is -0.663. The molecule has 0 heterocycles. The van der Waals surface area contributed by atoms with E-state index in [0.717, 1.165) is 0 Å². The van der Waals surface area contributed by atoms with Gasteiger partial charge in [-0.1, -0.05) is 0 Å². The second-order valence-corrected chi connectivity index (χ2v) is 3.01. The van der Waals surface area contributed by atoms with Crippen LogP contribution in [0.25, 0.3) is 0 Å². The topological polar surface area (TPSA) is 46.5 Å². The average Bonchev–Trinajstić information content (AvgIpc) is 2.01. The summed E-state index contributed by atoms with van der Waals surface area (Å²) in [6.07, 6.45) is 0.106. The number of hydrogen-bond acceptors (Lipinski definition) is 3. The van der Waals surface area contributed by atoms with Gasteiger partial charge in [0.05, 0.1) is 7.11 Å². The Balaban J connectivity index is 3.07. The van der Waals surface area contributed by atoms with Crippen LogP contribution in [0, 0.1) is 5.82 Å². The van der Waals surface area contributed by atoms with Crippen molar-refractivity contribution in [2.45, 2.75) is 13.3 Å². The zero-order valence-electron chi connectivity index (χ0n) is 8.00. The zero-order valence-corrected chi connectivity index (χ0v) is 8.00. The number of rotatable bonds is 3. The van der Waals surface area contributed by atoms with E-state index in [0.29, 0.717) is 5.56 Å². The molecule has 0 radical (unpaired) electrons. The normalized spacial score (nSPS) is 9.93. The Morgan fingerprint density at radius 2 is 2.21 bits per heavy atom. The first-order chi connectivity index (χ1) is 6.54. The Morgan fingerprint density at radius 3 is 2.64 bits per heavy atom. The van der Waals surface area contributed by atoms with Gasteiger partial charge in [-0.15, -0.1) is 0 Å². The highest BCUT2D eigenvalue weighted by molar-refractivity contribution is 5.78. The SMILES string of the molecule is COc1c(O)cc(CC(C)=O)cc1F. The largest absolute Gasteiger partial charge is 0.504 e. The number of phenols is 1. The molecule has 0 saturated heterocycles. The van der Waals surface area contributed by atoms with Crippen molar-refractivity contribution in [2.75, 3.05) is 7.11 Å². The Morgan fingerprint density at radius 1 is 1.57 bits per heavy atom. The molecule has 0 atom stereocenters.